The van der Waals surface area contributed by atoms with Gasteiger partial charge in [0.15, 0.2) is 0 Å². The Hall–Kier alpha value is -4.04. The standard InChI is InChI=1S/C23H21N3O5/c24-14-16-4-8-17(9-5-16)21(27)26-20(22(28)29)13-15-6-10-18(11-7-15)31-23(30)19-3-1-2-12-25-19/h1-12,20H,13-14,24H2,(H,26,27)(H,28,29)/t20-/m0/s1. The third-order valence-corrected chi connectivity index (χ3v) is 4.50. The molecular weight excluding hydrogens is 398 g/mol. The number of aromatic nitrogens is 1. The lowest BCUT2D eigenvalue weighted by Crippen LogP contribution is -2.42. The molecule has 0 saturated heterocycles. The summed E-state index contributed by atoms with van der Waals surface area (Å²) in [6.07, 6.45) is 1.56. The summed E-state index contributed by atoms with van der Waals surface area (Å²) >= 11 is 0. The highest BCUT2D eigenvalue weighted by atomic mass is 16.5. The van der Waals surface area contributed by atoms with Gasteiger partial charge in [-0.1, -0.05) is 30.3 Å². The van der Waals surface area contributed by atoms with E-state index in [1.807, 2.05) is 0 Å². The first-order valence-corrected chi connectivity index (χ1v) is 9.51. The monoisotopic (exact) mass is 419 g/mol. The van der Waals surface area contributed by atoms with E-state index in [4.69, 9.17) is 10.5 Å². The summed E-state index contributed by atoms with van der Waals surface area (Å²) in [5.41, 5.74) is 7.59. The highest BCUT2D eigenvalue weighted by Gasteiger charge is 2.21. The van der Waals surface area contributed by atoms with Gasteiger partial charge in [-0.25, -0.2) is 14.6 Å². The molecule has 0 spiro atoms. The Morgan fingerprint density at radius 3 is 2.23 bits per heavy atom. The van der Waals surface area contributed by atoms with E-state index in [1.54, 1.807) is 66.7 Å². The van der Waals surface area contributed by atoms with Gasteiger partial charge >= 0.3 is 11.9 Å². The second-order valence-corrected chi connectivity index (χ2v) is 6.72. The van der Waals surface area contributed by atoms with E-state index in [0.717, 1.165) is 5.56 Å². The number of benzene rings is 2. The summed E-state index contributed by atoms with van der Waals surface area (Å²) in [4.78, 5) is 40.0. The van der Waals surface area contributed by atoms with Crippen LogP contribution in [0.3, 0.4) is 0 Å². The molecule has 8 heteroatoms. The fraction of sp³-hybridized carbons (Fsp3) is 0.130. The second-order valence-electron chi connectivity index (χ2n) is 6.72. The molecule has 0 unspecified atom stereocenters. The number of carboxylic acids is 1. The molecule has 31 heavy (non-hydrogen) atoms. The molecule has 0 bridgehead atoms. The van der Waals surface area contributed by atoms with Crippen molar-refractivity contribution in [3.8, 4) is 5.75 Å². The lowest BCUT2D eigenvalue weighted by atomic mass is 10.0. The van der Waals surface area contributed by atoms with E-state index in [-0.39, 0.29) is 12.1 Å². The summed E-state index contributed by atoms with van der Waals surface area (Å²) in [5, 5.41) is 12.0. The summed E-state index contributed by atoms with van der Waals surface area (Å²) in [6.45, 7) is 0.354. The number of pyridine rings is 1. The Morgan fingerprint density at radius 1 is 0.968 bits per heavy atom. The number of amides is 1. The zero-order valence-electron chi connectivity index (χ0n) is 16.5. The molecule has 4 N–H and O–H groups in total. The number of esters is 1. The van der Waals surface area contributed by atoms with Gasteiger partial charge in [-0.15, -0.1) is 0 Å². The van der Waals surface area contributed by atoms with Crippen molar-refractivity contribution in [2.45, 2.75) is 19.0 Å². The van der Waals surface area contributed by atoms with Crippen molar-refractivity contribution < 1.29 is 24.2 Å². The van der Waals surface area contributed by atoms with Crippen molar-refractivity contribution in [2.75, 3.05) is 0 Å². The number of hydrogen-bond donors (Lipinski definition) is 3. The van der Waals surface area contributed by atoms with Gasteiger partial charge in [-0.05, 0) is 47.5 Å². The lowest BCUT2D eigenvalue weighted by molar-refractivity contribution is -0.139. The number of carbonyl (C=O) groups is 3. The summed E-state index contributed by atoms with van der Waals surface area (Å²) in [7, 11) is 0. The van der Waals surface area contributed by atoms with Crippen LogP contribution >= 0.6 is 0 Å². The molecule has 158 valence electrons. The molecule has 1 heterocycles. The minimum atomic E-state index is -1.16. The van der Waals surface area contributed by atoms with Gasteiger partial charge in [0.25, 0.3) is 5.91 Å². The molecule has 3 aromatic rings. The van der Waals surface area contributed by atoms with Crippen molar-refractivity contribution in [1.82, 2.24) is 10.3 Å². The van der Waals surface area contributed by atoms with Gasteiger partial charge in [0.05, 0.1) is 0 Å². The highest BCUT2D eigenvalue weighted by Crippen LogP contribution is 2.15. The van der Waals surface area contributed by atoms with E-state index in [0.29, 0.717) is 23.4 Å². The lowest BCUT2D eigenvalue weighted by Gasteiger charge is -2.15. The van der Waals surface area contributed by atoms with Crippen LogP contribution in [0.1, 0.15) is 32.0 Å². The molecule has 0 radical (unpaired) electrons. The SMILES string of the molecule is NCc1ccc(C(=O)N[C@@H](Cc2ccc(OC(=O)c3ccccn3)cc2)C(=O)O)cc1. The van der Waals surface area contributed by atoms with E-state index in [1.165, 1.54) is 6.20 Å². The van der Waals surface area contributed by atoms with Crippen molar-refractivity contribution in [3.05, 3.63) is 95.3 Å². The first-order chi connectivity index (χ1) is 15.0. The number of rotatable bonds is 8. The third kappa shape index (κ3) is 5.97. The number of nitrogens with two attached hydrogens (primary N) is 1. The maximum Gasteiger partial charge on any atom is 0.362 e. The Labute approximate surface area is 178 Å². The minimum absolute atomic E-state index is 0.0659. The van der Waals surface area contributed by atoms with E-state index >= 15 is 0 Å². The average Bonchev–Trinajstić information content (AvgIpc) is 2.80. The van der Waals surface area contributed by atoms with Crippen LogP contribution in [-0.4, -0.2) is 34.0 Å². The zero-order chi connectivity index (χ0) is 22.2. The smallest absolute Gasteiger partial charge is 0.362 e. The van der Waals surface area contributed by atoms with Crippen LogP contribution in [0, 0.1) is 0 Å². The van der Waals surface area contributed by atoms with Gasteiger partial charge in [0.2, 0.25) is 0 Å². The second kappa shape index (κ2) is 10.1. The molecule has 0 aliphatic rings. The number of hydrogen-bond acceptors (Lipinski definition) is 6. The van der Waals surface area contributed by atoms with E-state index in [2.05, 4.69) is 10.3 Å². The Bertz CT molecular complexity index is 1050. The van der Waals surface area contributed by atoms with Crippen molar-refractivity contribution in [1.29, 1.82) is 0 Å². The fourth-order valence-electron chi connectivity index (χ4n) is 2.81. The van der Waals surface area contributed by atoms with Gasteiger partial charge < -0.3 is 20.9 Å². The first-order valence-electron chi connectivity index (χ1n) is 9.51. The highest BCUT2D eigenvalue weighted by molar-refractivity contribution is 5.96. The quantitative estimate of drug-likeness (QED) is 0.377. The number of carboxylic acid groups (broad SMARTS) is 1. The molecule has 0 saturated carbocycles. The van der Waals surface area contributed by atoms with E-state index < -0.39 is 23.9 Å². The van der Waals surface area contributed by atoms with Crippen LogP contribution in [0.25, 0.3) is 0 Å². The Balaban J connectivity index is 1.62. The summed E-state index contributed by atoms with van der Waals surface area (Å²) in [6, 6.07) is 16.8. The minimum Gasteiger partial charge on any atom is -0.480 e. The number of nitrogens with zero attached hydrogens (tertiary/aromatic N) is 1. The molecule has 1 aromatic heterocycles. The van der Waals surface area contributed by atoms with Crippen molar-refractivity contribution in [3.63, 3.8) is 0 Å². The van der Waals surface area contributed by atoms with Crippen molar-refractivity contribution >= 4 is 17.8 Å². The summed E-state index contributed by atoms with van der Waals surface area (Å²) in [5.74, 6) is -1.94. The molecule has 1 amide bonds. The van der Waals surface area contributed by atoms with Crippen LogP contribution in [0.15, 0.2) is 72.9 Å². The predicted octanol–water partition coefficient (Wildman–Crippen LogP) is 2.19. The number of carbonyl (C=O) groups excluding carboxylic acids is 2. The molecule has 1 atom stereocenters. The normalized spacial score (nSPS) is 11.4. The van der Waals surface area contributed by atoms with Gasteiger partial charge in [-0.2, -0.15) is 0 Å². The van der Waals surface area contributed by atoms with Crippen LogP contribution in [-0.2, 0) is 17.8 Å². The molecule has 2 aromatic carbocycles. The molecule has 0 fully saturated rings. The summed E-state index contributed by atoms with van der Waals surface area (Å²) < 4.78 is 5.25. The van der Waals surface area contributed by atoms with Crippen LogP contribution < -0.4 is 15.8 Å². The number of aliphatic carboxylic acids is 1. The maximum absolute atomic E-state index is 12.4. The van der Waals surface area contributed by atoms with Gasteiger partial charge in [0.1, 0.15) is 17.5 Å². The molecule has 3 rings (SSSR count). The molecular formula is C23H21N3O5. The maximum atomic E-state index is 12.4. The van der Waals surface area contributed by atoms with Crippen molar-refractivity contribution in [2.24, 2.45) is 5.73 Å². The van der Waals surface area contributed by atoms with Gasteiger partial charge in [0, 0.05) is 24.7 Å². The first kappa shape index (κ1) is 21.7. The van der Waals surface area contributed by atoms with E-state index in [9.17, 15) is 19.5 Å². The Morgan fingerprint density at radius 2 is 1.65 bits per heavy atom. The van der Waals surface area contributed by atoms with Crippen LogP contribution in [0.5, 0.6) is 5.75 Å². The Kier molecular flexibility index (Phi) is 7.08. The zero-order valence-corrected chi connectivity index (χ0v) is 16.5. The predicted molar refractivity (Wildman–Crippen MR) is 113 cm³/mol. The average molecular weight is 419 g/mol. The fourth-order valence-corrected chi connectivity index (χ4v) is 2.81. The largest absolute Gasteiger partial charge is 0.480 e. The number of ether oxygens (including phenoxy) is 1. The number of nitrogens with one attached hydrogen (secondary N) is 1. The van der Waals surface area contributed by atoms with Gasteiger partial charge in [-0.3, -0.25) is 4.79 Å². The van der Waals surface area contributed by atoms with Crippen LogP contribution in [0.2, 0.25) is 0 Å². The molecule has 8 nitrogen and oxygen atoms in total. The van der Waals surface area contributed by atoms with Crippen LogP contribution in [0.4, 0.5) is 0 Å². The molecule has 0 aliphatic heterocycles. The topological polar surface area (TPSA) is 132 Å². The molecule has 0 aliphatic carbocycles. The third-order valence-electron chi connectivity index (χ3n) is 4.50.